The maximum Gasteiger partial charge on any atom is 0.339 e. The summed E-state index contributed by atoms with van der Waals surface area (Å²) in [6.45, 7) is 3.19. The Bertz CT molecular complexity index is 517. The van der Waals surface area contributed by atoms with Gasteiger partial charge < -0.3 is 14.6 Å². The number of carbonyl (C=O) groups is 3. The fraction of sp³-hybridized carbons (Fsp3) is 0.0833. The van der Waals surface area contributed by atoms with E-state index in [-0.39, 0.29) is 16.9 Å². The zero-order chi connectivity index (χ0) is 13.7. The van der Waals surface area contributed by atoms with E-state index in [0.29, 0.717) is 0 Å². The molecule has 1 aromatic rings. The van der Waals surface area contributed by atoms with Gasteiger partial charge in [-0.25, -0.2) is 14.4 Å². The minimum absolute atomic E-state index is 0.0494. The number of hydrogen-bond donors (Lipinski definition) is 1. The van der Waals surface area contributed by atoms with E-state index < -0.39 is 17.9 Å². The first-order chi connectivity index (χ1) is 8.49. The number of hydrogen-bond acceptors (Lipinski definition) is 5. The molecular weight excluding hydrogens is 240 g/mol. The largest absolute Gasteiger partial charge is 0.478 e. The lowest BCUT2D eigenvalue weighted by molar-refractivity contribution is -0.128. The summed E-state index contributed by atoms with van der Waals surface area (Å²) in [7, 11) is 1.18. The number of aromatic carboxylic acids is 1. The van der Waals surface area contributed by atoms with Crippen molar-refractivity contribution in [2.75, 3.05) is 7.11 Å². The molecule has 6 heteroatoms. The number of carboxylic acid groups (broad SMARTS) is 1. The van der Waals surface area contributed by atoms with E-state index in [2.05, 4.69) is 11.3 Å². The molecule has 0 saturated carbocycles. The van der Waals surface area contributed by atoms with E-state index >= 15 is 0 Å². The van der Waals surface area contributed by atoms with E-state index in [1.54, 1.807) is 0 Å². The maximum absolute atomic E-state index is 11.2. The van der Waals surface area contributed by atoms with Gasteiger partial charge in [-0.15, -0.1) is 0 Å². The van der Waals surface area contributed by atoms with Crippen LogP contribution in [0, 0.1) is 0 Å². The second-order valence-electron chi connectivity index (χ2n) is 3.13. The summed E-state index contributed by atoms with van der Waals surface area (Å²) in [6, 6.07) is 3.57. The number of rotatable bonds is 4. The Balaban J connectivity index is 3.20. The normalized spacial score (nSPS) is 9.39. The van der Waals surface area contributed by atoms with Crippen LogP contribution in [0.1, 0.15) is 20.7 Å². The molecule has 0 spiro atoms. The van der Waals surface area contributed by atoms with Crippen LogP contribution in [-0.2, 0) is 9.53 Å². The third kappa shape index (κ3) is 2.94. The Kier molecular flexibility index (Phi) is 4.20. The first-order valence-corrected chi connectivity index (χ1v) is 4.79. The van der Waals surface area contributed by atoms with Crippen LogP contribution >= 0.6 is 0 Å². The highest BCUT2D eigenvalue weighted by Gasteiger charge is 2.17. The average Bonchev–Trinajstić information content (AvgIpc) is 2.37. The van der Waals surface area contributed by atoms with Gasteiger partial charge in [0.2, 0.25) is 0 Å². The van der Waals surface area contributed by atoms with Crippen LogP contribution in [0.2, 0.25) is 0 Å². The molecule has 0 atom stereocenters. The number of methoxy groups -OCH3 is 1. The molecule has 0 aliphatic carbocycles. The molecule has 0 heterocycles. The second-order valence-corrected chi connectivity index (χ2v) is 3.13. The standard InChI is InChI=1S/C12H10O6/c1-3-10(13)18-9-5-4-7(12(16)17-2)6-8(9)11(14)15/h3-6H,1H2,2H3,(H,14,15). The van der Waals surface area contributed by atoms with Crippen LogP contribution in [0.3, 0.4) is 0 Å². The van der Waals surface area contributed by atoms with Gasteiger partial charge in [0.15, 0.2) is 0 Å². The zero-order valence-corrected chi connectivity index (χ0v) is 9.50. The summed E-state index contributed by atoms with van der Waals surface area (Å²) in [5.74, 6) is -2.96. The molecule has 0 aliphatic rings. The SMILES string of the molecule is C=CC(=O)Oc1ccc(C(=O)OC)cc1C(=O)O. The Morgan fingerprint density at radius 1 is 1.33 bits per heavy atom. The minimum Gasteiger partial charge on any atom is -0.478 e. The van der Waals surface area contributed by atoms with Crippen molar-refractivity contribution >= 4 is 17.9 Å². The van der Waals surface area contributed by atoms with Crippen molar-refractivity contribution in [3.63, 3.8) is 0 Å². The van der Waals surface area contributed by atoms with Gasteiger partial charge in [-0.1, -0.05) is 6.58 Å². The van der Waals surface area contributed by atoms with Gasteiger partial charge in [0.1, 0.15) is 11.3 Å². The third-order valence-electron chi connectivity index (χ3n) is 2.01. The van der Waals surface area contributed by atoms with Crippen molar-refractivity contribution < 1.29 is 29.0 Å². The lowest BCUT2D eigenvalue weighted by Crippen LogP contribution is -2.10. The molecule has 0 bridgehead atoms. The number of carbonyl (C=O) groups excluding carboxylic acids is 2. The van der Waals surface area contributed by atoms with Gasteiger partial charge in [0.25, 0.3) is 0 Å². The predicted octanol–water partition coefficient (Wildman–Crippen LogP) is 1.26. The summed E-state index contributed by atoms with van der Waals surface area (Å²) in [5, 5.41) is 8.96. The van der Waals surface area contributed by atoms with Crippen LogP contribution in [0.4, 0.5) is 0 Å². The minimum atomic E-state index is -1.33. The van der Waals surface area contributed by atoms with E-state index in [1.165, 1.54) is 19.2 Å². The molecule has 0 fully saturated rings. The van der Waals surface area contributed by atoms with Gasteiger partial charge in [-0.2, -0.15) is 0 Å². The molecule has 0 aromatic heterocycles. The molecule has 94 valence electrons. The fourth-order valence-corrected chi connectivity index (χ4v) is 1.18. The monoisotopic (exact) mass is 250 g/mol. The van der Waals surface area contributed by atoms with Crippen molar-refractivity contribution in [1.29, 1.82) is 0 Å². The topological polar surface area (TPSA) is 89.9 Å². The summed E-state index contributed by atoms with van der Waals surface area (Å²) >= 11 is 0. The van der Waals surface area contributed by atoms with Crippen LogP contribution in [0.25, 0.3) is 0 Å². The maximum atomic E-state index is 11.2. The van der Waals surface area contributed by atoms with E-state index in [9.17, 15) is 14.4 Å². The smallest absolute Gasteiger partial charge is 0.339 e. The molecule has 6 nitrogen and oxygen atoms in total. The van der Waals surface area contributed by atoms with Crippen molar-refractivity contribution in [2.45, 2.75) is 0 Å². The quantitative estimate of drug-likeness (QED) is 0.491. The molecule has 0 radical (unpaired) electrons. The first-order valence-electron chi connectivity index (χ1n) is 4.79. The van der Waals surface area contributed by atoms with Crippen molar-refractivity contribution in [1.82, 2.24) is 0 Å². The predicted molar refractivity (Wildman–Crippen MR) is 60.6 cm³/mol. The van der Waals surface area contributed by atoms with Gasteiger partial charge in [0, 0.05) is 6.08 Å². The molecule has 0 amide bonds. The summed E-state index contributed by atoms with van der Waals surface area (Å²) in [5.41, 5.74) is -0.263. The second kappa shape index (κ2) is 5.62. The molecular formula is C12H10O6. The Morgan fingerprint density at radius 3 is 2.50 bits per heavy atom. The van der Waals surface area contributed by atoms with E-state index in [4.69, 9.17) is 9.84 Å². The molecule has 1 N–H and O–H groups in total. The van der Waals surface area contributed by atoms with Gasteiger partial charge in [0.05, 0.1) is 12.7 Å². The summed E-state index contributed by atoms with van der Waals surface area (Å²) in [6.07, 6.45) is 0.903. The fourth-order valence-electron chi connectivity index (χ4n) is 1.18. The molecule has 0 saturated heterocycles. The zero-order valence-electron chi connectivity index (χ0n) is 9.50. The van der Waals surface area contributed by atoms with Crippen molar-refractivity contribution in [3.05, 3.63) is 42.0 Å². The summed E-state index contributed by atoms with van der Waals surface area (Å²) < 4.78 is 9.19. The average molecular weight is 250 g/mol. The van der Waals surface area contributed by atoms with Crippen LogP contribution < -0.4 is 4.74 Å². The number of ether oxygens (including phenoxy) is 2. The van der Waals surface area contributed by atoms with Gasteiger partial charge >= 0.3 is 17.9 Å². The Hall–Kier alpha value is -2.63. The van der Waals surface area contributed by atoms with Gasteiger partial charge in [-0.3, -0.25) is 0 Å². The van der Waals surface area contributed by atoms with Crippen LogP contribution in [-0.4, -0.2) is 30.1 Å². The Morgan fingerprint density at radius 2 is 2.00 bits per heavy atom. The molecule has 1 rings (SSSR count). The van der Waals surface area contributed by atoms with Crippen molar-refractivity contribution in [3.8, 4) is 5.75 Å². The molecule has 18 heavy (non-hydrogen) atoms. The molecule has 1 aromatic carbocycles. The number of esters is 2. The first kappa shape index (κ1) is 13.4. The summed E-state index contributed by atoms with van der Waals surface area (Å²) in [4.78, 5) is 33.2. The lowest BCUT2D eigenvalue weighted by atomic mass is 10.1. The lowest BCUT2D eigenvalue weighted by Gasteiger charge is -2.07. The van der Waals surface area contributed by atoms with E-state index in [1.807, 2.05) is 0 Å². The Labute approximate surface area is 102 Å². The third-order valence-corrected chi connectivity index (χ3v) is 2.01. The van der Waals surface area contributed by atoms with Crippen LogP contribution in [0.15, 0.2) is 30.9 Å². The van der Waals surface area contributed by atoms with Gasteiger partial charge in [-0.05, 0) is 18.2 Å². The number of carboxylic acids is 1. The molecule has 0 aliphatic heterocycles. The van der Waals surface area contributed by atoms with Crippen LogP contribution in [0.5, 0.6) is 5.75 Å². The highest BCUT2D eigenvalue weighted by Crippen LogP contribution is 2.21. The number of benzene rings is 1. The van der Waals surface area contributed by atoms with E-state index in [0.717, 1.165) is 12.1 Å². The highest BCUT2D eigenvalue weighted by atomic mass is 16.5. The molecule has 0 unspecified atom stereocenters. The van der Waals surface area contributed by atoms with Crippen molar-refractivity contribution in [2.24, 2.45) is 0 Å². The highest BCUT2D eigenvalue weighted by molar-refractivity contribution is 5.97.